The van der Waals surface area contributed by atoms with Crippen molar-refractivity contribution in [2.24, 2.45) is 0 Å². The highest BCUT2D eigenvalue weighted by molar-refractivity contribution is 6.31. The van der Waals surface area contributed by atoms with E-state index in [1.165, 1.54) is 0 Å². The number of amides is 3. The predicted molar refractivity (Wildman–Crippen MR) is 114 cm³/mol. The lowest BCUT2D eigenvalue weighted by Gasteiger charge is -2.37. The summed E-state index contributed by atoms with van der Waals surface area (Å²) in [6.45, 7) is 3.66. The third kappa shape index (κ3) is 5.70. The van der Waals surface area contributed by atoms with Gasteiger partial charge in [-0.05, 0) is 49.1 Å². The minimum atomic E-state index is -0.137. The molecule has 0 radical (unpaired) electrons. The number of nitrogens with zero attached hydrogens (tertiary/aromatic N) is 3. The van der Waals surface area contributed by atoms with E-state index in [1.807, 2.05) is 48.2 Å². The highest BCUT2D eigenvalue weighted by Gasteiger charge is 2.28. The monoisotopic (exact) mass is 414 g/mol. The highest BCUT2D eigenvalue weighted by atomic mass is 35.5. The molecule has 1 aliphatic heterocycles. The van der Waals surface area contributed by atoms with Gasteiger partial charge in [0.15, 0.2) is 0 Å². The van der Waals surface area contributed by atoms with Gasteiger partial charge in [0.05, 0.1) is 12.5 Å². The summed E-state index contributed by atoms with van der Waals surface area (Å²) in [5.41, 5.74) is 2.76. The van der Waals surface area contributed by atoms with E-state index in [4.69, 9.17) is 11.6 Å². The second kappa shape index (κ2) is 9.74. The fraction of sp³-hybridized carbons (Fsp3) is 0.409. The number of pyridine rings is 1. The van der Waals surface area contributed by atoms with E-state index in [1.54, 1.807) is 18.1 Å². The molecule has 0 saturated carbocycles. The first-order chi connectivity index (χ1) is 13.9. The zero-order chi connectivity index (χ0) is 20.8. The Bertz CT molecular complexity index is 859. The molecular formula is C22H27ClN4O2. The number of rotatable bonds is 5. The maximum atomic E-state index is 12.6. The molecule has 2 heterocycles. The summed E-state index contributed by atoms with van der Waals surface area (Å²) in [4.78, 5) is 33.0. The van der Waals surface area contributed by atoms with Crippen LogP contribution in [0.5, 0.6) is 0 Å². The van der Waals surface area contributed by atoms with Crippen LogP contribution in [0.3, 0.4) is 0 Å². The molecule has 1 fully saturated rings. The Labute approximate surface area is 176 Å². The summed E-state index contributed by atoms with van der Waals surface area (Å²) in [5, 5.41) is 3.67. The van der Waals surface area contributed by atoms with Gasteiger partial charge in [-0.15, -0.1) is 0 Å². The van der Waals surface area contributed by atoms with Crippen molar-refractivity contribution >= 4 is 23.5 Å². The number of benzene rings is 1. The van der Waals surface area contributed by atoms with Gasteiger partial charge in [-0.25, -0.2) is 4.79 Å². The SMILES string of the molecule is Cc1cc(CNC(=O)N(C)[C@@H]2CCCN(C(=O)Cc3ccccn3)C2)ccc1Cl. The van der Waals surface area contributed by atoms with Gasteiger partial charge in [0.25, 0.3) is 0 Å². The van der Waals surface area contributed by atoms with E-state index in [9.17, 15) is 9.59 Å². The number of carbonyl (C=O) groups excluding carboxylic acids is 2. The molecule has 1 aliphatic rings. The molecule has 0 unspecified atom stereocenters. The van der Waals surface area contributed by atoms with Gasteiger partial charge in [-0.3, -0.25) is 9.78 Å². The number of nitrogens with one attached hydrogen (secondary N) is 1. The van der Waals surface area contributed by atoms with Crippen LogP contribution in [0.2, 0.25) is 5.02 Å². The van der Waals surface area contributed by atoms with Crippen molar-refractivity contribution in [1.82, 2.24) is 20.1 Å². The summed E-state index contributed by atoms with van der Waals surface area (Å²) in [6, 6.07) is 11.2. The molecule has 0 aliphatic carbocycles. The van der Waals surface area contributed by atoms with Crippen molar-refractivity contribution in [3.63, 3.8) is 0 Å². The fourth-order valence-corrected chi connectivity index (χ4v) is 3.67. The largest absolute Gasteiger partial charge is 0.340 e. The maximum absolute atomic E-state index is 12.6. The maximum Gasteiger partial charge on any atom is 0.317 e. The Balaban J connectivity index is 1.52. The standard InChI is InChI=1S/C22H27ClN4O2/c1-16-12-17(8-9-20(16)23)14-25-22(29)26(2)19-7-5-11-27(15-19)21(28)13-18-6-3-4-10-24-18/h3-4,6,8-10,12,19H,5,7,11,13-15H2,1-2H3,(H,25,29)/t19-/m1/s1. The van der Waals surface area contributed by atoms with E-state index < -0.39 is 0 Å². The minimum absolute atomic E-state index is 0.00314. The molecule has 6 nitrogen and oxygen atoms in total. The van der Waals surface area contributed by atoms with Crippen LogP contribution in [-0.2, 0) is 17.8 Å². The molecule has 29 heavy (non-hydrogen) atoms. The molecular weight excluding hydrogens is 388 g/mol. The predicted octanol–water partition coefficient (Wildman–Crippen LogP) is 3.42. The van der Waals surface area contributed by atoms with Crippen molar-refractivity contribution in [3.8, 4) is 0 Å². The second-order valence-corrected chi connectivity index (χ2v) is 7.89. The first-order valence-corrected chi connectivity index (χ1v) is 10.2. The number of urea groups is 1. The van der Waals surface area contributed by atoms with Crippen LogP contribution in [0.25, 0.3) is 0 Å². The van der Waals surface area contributed by atoms with Crippen molar-refractivity contribution in [3.05, 3.63) is 64.4 Å². The van der Waals surface area contributed by atoms with Gasteiger partial charge in [-0.2, -0.15) is 0 Å². The molecule has 7 heteroatoms. The van der Waals surface area contributed by atoms with Crippen LogP contribution >= 0.6 is 11.6 Å². The molecule has 3 amide bonds. The average Bonchev–Trinajstić information content (AvgIpc) is 2.74. The number of piperidine rings is 1. The number of aromatic nitrogens is 1. The summed E-state index contributed by atoms with van der Waals surface area (Å²) >= 11 is 6.05. The summed E-state index contributed by atoms with van der Waals surface area (Å²) in [5.74, 6) is 0.0545. The van der Waals surface area contributed by atoms with Crippen molar-refractivity contribution < 1.29 is 9.59 Å². The molecule has 0 spiro atoms. The topological polar surface area (TPSA) is 65.5 Å². The fourth-order valence-electron chi connectivity index (χ4n) is 3.55. The van der Waals surface area contributed by atoms with Crippen LogP contribution in [-0.4, -0.2) is 52.9 Å². The first kappa shape index (κ1) is 21.1. The number of hydrogen-bond donors (Lipinski definition) is 1. The van der Waals surface area contributed by atoms with E-state index in [0.717, 1.165) is 41.2 Å². The average molecular weight is 415 g/mol. The third-order valence-corrected chi connectivity index (χ3v) is 5.77. The van der Waals surface area contributed by atoms with Crippen LogP contribution < -0.4 is 5.32 Å². The van der Waals surface area contributed by atoms with E-state index in [-0.39, 0.29) is 18.0 Å². The first-order valence-electron chi connectivity index (χ1n) is 9.87. The zero-order valence-corrected chi connectivity index (χ0v) is 17.7. The Hall–Kier alpha value is -2.60. The molecule has 154 valence electrons. The van der Waals surface area contributed by atoms with Crippen LogP contribution in [0.1, 0.15) is 29.7 Å². The summed E-state index contributed by atoms with van der Waals surface area (Å²) < 4.78 is 0. The molecule has 1 N–H and O–H groups in total. The van der Waals surface area contributed by atoms with Gasteiger partial charge in [0.1, 0.15) is 0 Å². The Morgan fingerprint density at radius 2 is 2.14 bits per heavy atom. The lowest BCUT2D eigenvalue weighted by atomic mass is 10.0. The minimum Gasteiger partial charge on any atom is -0.340 e. The molecule has 1 saturated heterocycles. The van der Waals surface area contributed by atoms with Crippen LogP contribution in [0.15, 0.2) is 42.6 Å². The lowest BCUT2D eigenvalue weighted by Crippen LogP contribution is -2.52. The molecule has 1 aromatic carbocycles. The summed E-state index contributed by atoms with van der Waals surface area (Å²) in [6.07, 6.45) is 3.76. The molecule has 1 aromatic heterocycles. The number of hydrogen-bond acceptors (Lipinski definition) is 3. The normalized spacial score (nSPS) is 16.4. The second-order valence-electron chi connectivity index (χ2n) is 7.49. The molecule has 2 aromatic rings. The number of halogens is 1. The van der Waals surface area contributed by atoms with E-state index >= 15 is 0 Å². The van der Waals surface area contributed by atoms with Crippen LogP contribution in [0.4, 0.5) is 4.79 Å². The van der Waals surface area contributed by atoms with Gasteiger partial charge in [0, 0.05) is 43.6 Å². The summed E-state index contributed by atoms with van der Waals surface area (Å²) in [7, 11) is 1.79. The van der Waals surface area contributed by atoms with Crippen molar-refractivity contribution in [1.29, 1.82) is 0 Å². The molecule has 3 rings (SSSR count). The number of likely N-dealkylation sites (tertiary alicyclic amines) is 1. The van der Waals surface area contributed by atoms with Crippen LogP contribution in [0, 0.1) is 6.92 Å². The Morgan fingerprint density at radius 1 is 1.31 bits per heavy atom. The number of carbonyl (C=O) groups is 2. The number of aryl methyl sites for hydroxylation is 1. The third-order valence-electron chi connectivity index (χ3n) is 5.34. The molecule has 0 bridgehead atoms. The lowest BCUT2D eigenvalue weighted by molar-refractivity contribution is -0.132. The quantitative estimate of drug-likeness (QED) is 0.815. The van der Waals surface area contributed by atoms with Gasteiger partial charge >= 0.3 is 6.03 Å². The smallest absolute Gasteiger partial charge is 0.317 e. The Morgan fingerprint density at radius 3 is 2.86 bits per heavy atom. The van der Waals surface area contributed by atoms with Gasteiger partial charge in [0.2, 0.25) is 5.91 Å². The van der Waals surface area contributed by atoms with E-state index in [0.29, 0.717) is 19.5 Å². The number of likely N-dealkylation sites (N-methyl/N-ethyl adjacent to an activating group) is 1. The van der Waals surface area contributed by atoms with Crippen molar-refractivity contribution in [2.75, 3.05) is 20.1 Å². The van der Waals surface area contributed by atoms with Gasteiger partial charge in [-0.1, -0.05) is 29.8 Å². The van der Waals surface area contributed by atoms with Gasteiger partial charge < -0.3 is 15.1 Å². The van der Waals surface area contributed by atoms with Crippen molar-refractivity contribution in [2.45, 2.75) is 38.8 Å². The zero-order valence-electron chi connectivity index (χ0n) is 16.9. The Kier molecular flexibility index (Phi) is 7.09. The highest BCUT2D eigenvalue weighted by Crippen LogP contribution is 2.18. The molecule has 1 atom stereocenters. The van der Waals surface area contributed by atoms with E-state index in [2.05, 4.69) is 10.3 Å².